The number of rotatable bonds is 3. The molecule has 122 valence electrons. The van der Waals surface area contributed by atoms with Crippen molar-refractivity contribution in [3.05, 3.63) is 33.2 Å². The van der Waals surface area contributed by atoms with Gasteiger partial charge in [0.1, 0.15) is 6.04 Å². The second kappa shape index (κ2) is 6.49. The van der Waals surface area contributed by atoms with Gasteiger partial charge < -0.3 is 4.74 Å². The third kappa shape index (κ3) is 2.83. The third-order valence-corrected chi connectivity index (χ3v) is 5.88. The van der Waals surface area contributed by atoms with Crippen LogP contribution in [0, 0.1) is 6.92 Å². The number of allylic oxidation sites excluding steroid dienone is 1. The topological polar surface area (TPSA) is 59.0 Å². The van der Waals surface area contributed by atoms with Gasteiger partial charge in [0, 0.05) is 17.1 Å². The summed E-state index contributed by atoms with van der Waals surface area (Å²) in [6.45, 7) is 5.88. The Morgan fingerprint density at radius 1 is 1.48 bits per heavy atom. The number of thiophene rings is 1. The molecule has 0 spiro atoms. The third-order valence-electron chi connectivity index (χ3n) is 3.85. The number of carbonyl (C=O) groups excluding carboxylic acids is 2. The molecule has 0 radical (unpaired) electrons. The maximum Gasteiger partial charge on any atom is 0.338 e. The van der Waals surface area contributed by atoms with E-state index in [4.69, 9.17) is 4.74 Å². The van der Waals surface area contributed by atoms with E-state index in [-0.39, 0.29) is 5.91 Å². The summed E-state index contributed by atoms with van der Waals surface area (Å²) < 4.78 is 5.23. The van der Waals surface area contributed by atoms with Crippen molar-refractivity contribution in [1.82, 2.24) is 4.90 Å². The molecule has 1 fully saturated rings. The van der Waals surface area contributed by atoms with E-state index in [0.717, 1.165) is 16.2 Å². The largest absolute Gasteiger partial charge is 0.463 e. The Morgan fingerprint density at radius 2 is 2.26 bits per heavy atom. The zero-order chi connectivity index (χ0) is 16.6. The molecule has 2 aliphatic heterocycles. The number of aliphatic imine (C=N–C) groups is 1. The Labute approximate surface area is 143 Å². The van der Waals surface area contributed by atoms with Crippen LogP contribution >= 0.6 is 23.1 Å². The average Bonchev–Trinajstić information content (AvgIpc) is 2.92. The van der Waals surface area contributed by atoms with Gasteiger partial charge in [-0.2, -0.15) is 0 Å². The Kier molecular flexibility index (Phi) is 4.59. The van der Waals surface area contributed by atoms with Gasteiger partial charge in [0.15, 0.2) is 5.17 Å². The van der Waals surface area contributed by atoms with Crippen LogP contribution in [0.1, 0.15) is 36.8 Å². The van der Waals surface area contributed by atoms with E-state index in [1.165, 1.54) is 0 Å². The molecule has 3 rings (SSSR count). The molecule has 0 saturated carbocycles. The van der Waals surface area contributed by atoms with E-state index in [1.54, 1.807) is 34.9 Å². The Bertz CT molecular complexity index is 721. The van der Waals surface area contributed by atoms with Crippen molar-refractivity contribution in [3.8, 4) is 0 Å². The van der Waals surface area contributed by atoms with Crippen molar-refractivity contribution >= 4 is 40.1 Å². The lowest BCUT2D eigenvalue weighted by Crippen LogP contribution is -2.45. The van der Waals surface area contributed by atoms with Crippen molar-refractivity contribution in [2.75, 3.05) is 12.4 Å². The lowest BCUT2D eigenvalue weighted by molar-refractivity contribution is -0.139. The summed E-state index contributed by atoms with van der Waals surface area (Å²) in [4.78, 5) is 32.2. The number of fused-ring (bicyclic) bond motifs is 1. The van der Waals surface area contributed by atoms with Crippen molar-refractivity contribution in [3.63, 3.8) is 0 Å². The van der Waals surface area contributed by atoms with Crippen LogP contribution in [-0.4, -0.2) is 34.3 Å². The van der Waals surface area contributed by atoms with E-state index in [0.29, 0.717) is 29.5 Å². The summed E-state index contributed by atoms with van der Waals surface area (Å²) in [5.41, 5.74) is 2.17. The van der Waals surface area contributed by atoms with E-state index in [2.05, 4.69) is 4.99 Å². The van der Waals surface area contributed by atoms with E-state index in [9.17, 15) is 9.59 Å². The number of thioether (sulfide) groups is 1. The number of esters is 1. The number of carbonyl (C=O) groups is 2. The predicted molar refractivity (Wildman–Crippen MR) is 92.5 cm³/mol. The number of amidine groups is 1. The molecule has 7 heteroatoms. The molecule has 1 aromatic rings. The fourth-order valence-corrected chi connectivity index (χ4v) is 4.81. The van der Waals surface area contributed by atoms with E-state index >= 15 is 0 Å². The van der Waals surface area contributed by atoms with Crippen molar-refractivity contribution < 1.29 is 14.3 Å². The summed E-state index contributed by atoms with van der Waals surface area (Å²) in [7, 11) is 0. The fourth-order valence-electron chi connectivity index (χ4n) is 2.78. The molecule has 1 atom stereocenters. The smallest absolute Gasteiger partial charge is 0.338 e. The molecule has 0 N–H and O–H groups in total. The fraction of sp³-hybridized carbons (Fsp3) is 0.438. The molecule has 5 nitrogen and oxygen atoms in total. The van der Waals surface area contributed by atoms with Crippen LogP contribution in [0.25, 0.3) is 0 Å². The Morgan fingerprint density at radius 3 is 2.91 bits per heavy atom. The van der Waals surface area contributed by atoms with Crippen LogP contribution in [0.3, 0.4) is 0 Å². The highest BCUT2D eigenvalue weighted by molar-refractivity contribution is 8.14. The minimum absolute atomic E-state index is 0.00889. The molecule has 0 bridgehead atoms. The van der Waals surface area contributed by atoms with Crippen LogP contribution < -0.4 is 0 Å². The zero-order valence-electron chi connectivity index (χ0n) is 13.3. The first kappa shape index (κ1) is 16.3. The number of amides is 1. The van der Waals surface area contributed by atoms with Gasteiger partial charge in [-0.15, -0.1) is 11.3 Å². The molecular weight excluding hydrogens is 332 g/mol. The molecule has 2 aliphatic rings. The number of aryl methyl sites for hydroxylation is 1. The highest BCUT2D eigenvalue weighted by Gasteiger charge is 2.42. The minimum Gasteiger partial charge on any atom is -0.463 e. The summed E-state index contributed by atoms with van der Waals surface area (Å²) in [6, 6.07) is 1.58. The molecule has 1 saturated heterocycles. The van der Waals surface area contributed by atoms with Gasteiger partial charge in [-0.1, -0.05) is 11.8 Å². The quantitative estimate of drug-likeness (QED) is 0.785. The summed E-state index contributed by atoms with van der Waals surface area (Å²) in [6.07, 6.45) is 0.458. The Hall–Kier alpha value is -1.60. The molecule has 0 unspecified atom stereocenters. The van der Waals surface area contributed by atoms with Crippen molar-refractivity contribution in [1.29, 1.82) is 0 Å². The summed E-state index contributed by atoms with van der Waals surface area (Å²) in [5.74, 6) is 0.343. The van der Waals surface area contributed by atoms with E-state index < -0.39 is 12.0 Å². The number of nitrogens with zero attached hydrogens (tertiary/aromatic N) is 2. The normalized spacial score (nSPS) is 21.2. The van der Waals surface area contributed by atoms with Gasteiger partial charge >= 0.3 is 5.97 Å². The monoisotopic (exact) mass is 350 g/mol. The van der Waals surface area contributed by atoms with Crippen LogP contribution in [0.5, 0.6) is 0 Å². The van der Waals surface area contributed by atoms with Gasteiger partial charge in [0.05, 0.1) is 17.9 Å². The zero-order valence-corrected chi connectivity index (χ0v) is 14.9. The predicted octanol–water partition coefficient (Wildman–Crippen LogP) is 3.27. The van der Waals surface area contributed by atoms with E-state index in [1.807, 2.05) is 25.3 Å². The molecule has 1 amide bonds. The second-order valence-electron chi connectivity index (χ2n) is 5.35. The van der Waals surface area contributed by atoms with Crippen LogP contribution in [0.2, 0.25) is 0 Å². The SMILES string of the molecule is CCOC(=O)C1=C(C)N=C2SCCC(=O)N2[C@@H]1c1sccc1C. The van der Waals surface area contributed by atoms with Gasteiger partial charge in [-0.25, -0.2) is 9.79 Å². The van der Waals surface area contributed by atoms with Crippen molar-refractivity contribution in [2.24, 2.45) is 4.99 Å². The van der Waals surface area contributed by atoms with Crippen molar-refractivity contribution in [2.45, 2.75) is 33.2 Å². The lowest BCUT2D eigenvalue weighted by atomic mass is 9.98. The molecular formula is C16H18N2O3S2. The van der Waals surface area contributed by atoms with Gasteiger partial charge in [0.25, 0.3) is 0 Å². The number of hydrogen-bond acceptors (Lipinski definition) is 6. The maximum absolute atomic E-state index is 12.5. The number of hydrogen-bond donors (Lipinski definition) is 0. The highest BCUT2D eigenvalue weighted by Crippen LogP contribution is 2.42. The minimum atomic E-state index is -0.429. The molecule has 23 heavy (non-hydrogen) atoms. The number of ether oxygens (including phenoxy) is 1. The second-order valence-corrected chi connectivity index (χ2v) is 7.36. The highest BCUT2D eigenvalue weighted by atomic mass is 32.2. The summed E-state index contributed by atoms with van der Waals surface area (Å²) in [5, 5.41) is 2.67. The first-order valence-corrected chi connectivity index (χ1v) is 9.36. The van der Waals surface area contributed by atoms with Gasteiger partial charge in [0.2, 0.25) is 5.91 Å². The van der Waals surface area contributed by atoms with Gasteiger partial charge in [-0.3, -0.25) is 9.69 Å². The molecule has 3 heterocycles. The summed E-state index contributed by atoms with van der Waals surface area (Å²) >= 11 is 3.12. The van der Waals surface area contributed by atoms with Crippen LogP contribution in [-0.2, 0) is 14.3 Å². The standard InChI is InChI=1S/C16H18N2O3S2/c1-4-21-15(20)12-10(3)17-16-18(11(19)6-8-23-16)13(12)14-9(2)5-7-22-14/h5,7,13H,4,6,8H2,1-3H3/t13-/m0/s1. The first-order valence-electron chi connectivity index (χ1n) is 7.50. The molecule has 0 aliphatic carbocycles. The first-order chi connectivity index (χ1) is 11.0. The maximum atomic E-state index is 12.5. The Balaban J connectivity index is 2.16. The van der Waals surface area contributed by atoms with Crippen LogP contribution in [0.4, 0.5) is 0 Å². The molecule has 1 aromatic heterocycles. The average molecular weight is 350 g/mol. The molecule has 0 aromatic carbocycles. The van der Waals surface area contributed by atoms with Gasteiger partial charge in [-0.05, 0) is 37.8 Å². The van der Waals surface area contributed by atoms with Crippen LogP contribution in [0.15, 0.2) is 27.7 Å². The lowest BCUT2D eigenvalue weighted by Gasteiger charge is -2.38.